The molecule has 0 heterocycles. The third kappa shape index (κ3) is 11.1. The Morgan fingerprint density at radius 3 is 2.18 bits per heavy atom. The zero-order valence-electron chi connectivity index (χ0n) is 11.9. The minimum atomic E-state index is 0.639. The molecule has 1 aromatic carbocycles. The number of carbonyl (C=O) groups is 1. The molecule has 0 fully saturated rings. The zero-order valence-corrected chi connectivity index (χ0v) is 11.9. The summed E-state index contributed by atoms with van der Waals surface area (Å²) >= 11 is 0. The lowest BCUT2D eigenvalue weighted by atomic mass is 10.1. The molecule has 0 spiro atoms. The van der Waals surface area contributed by atoms with Gasteiger partial charge in [-0.1, -0.05) is 45.0 Å². The summed E-state index contributed by atoms with van der Waals surface area (Å²) in [6.45, 7) is 9.03. The van der Waals surface area contributed by atoms with Crippen LogP contribution in [0, 0.1) is 6.92 Å². The summed E-state index contributed by atoms with van der Waals surface area (Å²) in [7, 11) is 1.98. The molecule has 0 aliphatic carbocycles. The number of aryl methyl sites for hydroxylation is 1. The number of hydrogen-bond donors (Lipinski definition) is 1. The first-order chi connectivity index (χ1) is 8.26. The second-order valence-electron chi connectivity index (χ2n) is 3.35. The highest BCUT2D eigenvalue weighted by molar-refractivity contribution is 5.48. The van der Waals surface area contributed by atoms with E-state index in [1.165, 1.54) is 11.1 Å². The molecule has 0 amide bonds. The third-order valence-corrected chi connectivity index (χ3v) is 2.07. The summed E-state index contributed by atoms with van der Waals surface area (Å²) in [5, 5.41) is 3.14. The van der Waals surface area contributed by atoms with Gasteiger partial charge in [-0.25, -0.2) is 0 Å². The molecule has 98 valence electrons. The van der Waals surface area contributed by atoms with Crippen molar-refractivity contribution in [2.75, 3.05) is 13.6 Å². The molecular formula is C15H27NO. The first-order valence-corrected chi connectivity index (χ1v) is 6.39. The predicted molar refractivity (Wildman–Crippen MR) is 76.5 cm³/mol. The van der Waals surface area contributed by atoms with Gasteiger partial charge in [0.05, 0.1) is 0 Å². The zero-order chi connectivity index (χ0) is 13.5. The van der Waals surface area contributed by atoms with Crippen molar-refractivity contribution in [3.8, 4) is 0 Å². The number of likely N-dealkylation sites (N-methyl/N-ethyl adjacent to an activating group) is 1. The van der Waals surface area contributed by atoms with Gasteiger partial charge < -0.3 is 10.1 Å². The Labute approximate surface area is 106 Å². The number of rotatable bonds is 4. The highest BCUT2D eigenvalue weighted by atomic mass is 16.1. The average Bonchev–Trinajstić information content (AvgIpc) is 2.40. The Balaban J connectivity index is 0. The number of carbonyl (C=O) groups excluding carboxylic acids is 1. The predicted octanol–water partition coefficient (Wildman–Crippen LogP) is 3.38. The largest absolute Gasteiger partial charge is 0.319 e. The third-order valence-electron chi connectivity index (χ3n) is 2.07. The van der Waals surface area contributed by atoms with Crippen molar-refractivity contribution in [1.29, 1.82) is 0 Å². The number of benzene rings is 1. The van der Waals surface area contributed by atoms with Crippen LogP contribution in [0.1, 0.15) is 38.3 Å². The minimum Gasteiger partial charge on any atom is -0.319 e. The maximum Gasteiger partial charge on any atom is 0.119 e. The Morgan fingerprint density at radius 1 is 1.24 bits per heavy atom. The van der Waals surface area contributed by atoms with Crippen LogP contribution in [0.5, 0.6) is 0 Å². The fourth-order valence-electron chi connectivity index (χ4n) is 1.15. The molecule has 0 saturated carbocycles. The second-order valence-corrected chi connectivity index (χ2v) is 3.35. The van der Waals surface area contributed by atoms with Crippen LogP contribution in [0.3, 0.4) is 0 Å². The summed E-state index contributed by atoms with van der Waals surface area (Å²) in [6.07, 6.45) is 2.64. The maximum atomic E-state index is 9.17. The molecule has 0 unspecified atom stereocenters. The van der Waals surface area contributed by atoms with E-state index in [4.69, 9.17) is 0 Å². The van der Waals surface area contributed by atoms with E-state index in [1.54, 1.807) is 0 Å². The Kier molecular flexibility index (Phi) is 15.9. The molecule has 17 heavy (non-hydrogen) atoms. The van der Waals surface area contributed by atoms with Crippen LogP contribution < -0.4 is 5.32 Å². The van der Waals surface area contributed by atoms with E-state index in [9.17, 15) is 4.79 Å². The quantitative estimate of drug-likeness (QED) is 0.813. The maximum absolute atomic E-state index is 9.17. The highest BCUT2D eigenvalue weighted by Crippen LogP contribution is 2.06. The molecule has 0 atom stereocenters. The van der Waals surface area contributed by atoms with Crippen molar-refractivity contribution >= 4 is 6.29 Å². The van der Waals surface area contributed by atoms with Gasteiger partial charge in [0.25, 0.3) is 0 Å². The highest BCUT2D eigenvalue weighted by Gasteiger charge is 1.93. The van der Waals surface area contributed by atoms with Crippen LogP contribution >= 0.6 is 0 Å². The second kappa shape index (κ2) is 14.8. The van der Waals surface area contributed by atoms with Crippen LogP contribution in [0.15, 0.2) is 24.3 Å². The van der Waals surface area contributed by atoms with Gasteiger partial charge in [0.1, 0.15) is 6.29 Å². The van der Waals surface area contributed by atoms with Crippen LogP contribution in [0.2, 0.25) is 0 Å². The van der Waals surface area contributed by atoms with E-state index in [2.05, 4.69) is 36.5 Å². The van der Waals surface area contributed by atoms with Gasteiger partial charge in [0.15, 0.2) is 0 Å². The molecule has 1 N–H and O–H groups in total. The van der Waals surface area contributed by atoms with Crippen molar-refractivity contribution < 1.29 is 4.79 Å². The Bertz CT molecular complexity index is 271. The molecule has 2 nitrogen and oxygen atoms in total. The molecular weight excluding hydrogens is 210 g/mol. The first-order valence-electron chi connectivity index (χ1n) is 6.39. The van der Waals surface area contributed by atoms with Crippen molar-refractivity contribution in [2.45, 2.75) is 40.5 Å². The lowest BCUT2D eigenvalue weighted by molar-refractivity contribution is -0.107. The monoisotopic (exact) mass is 237 g/mol. The summed E-state index contributed by atoms with van der Waals surface area (Å²) in [5.74, 6) is 0. The van der Waals surface area contributed by atoms with Gasteiger partial charge in [-0.15, -0.1) is 0 Å². The summed E-state index contributed by atoms with van der Waals surface area (Å²) in [4.78, 5) is 9.17. The smallest absolute Gasteiger partial charge is 0.119 e. The lowest BCUT2D eigenvalue weighted by Gasteiger charge is -2.03. The Morgan fingerprint density at radius 2 is 1.76 bits per heavy atom. The van der Waals surface area contributed by atoms with E-state index >= 15 is 0 Å². The van der Waals surface area contributed by atoms with E-state index in [-0.39, 0.29) is 0 Å². The molecule has 0 aliphatic rings. The normalized spacial score (nSPS) is 8.29. The van der Waals surface area contributed by atoms with E-state index < -0.39 is 0 Å². The van der Waals surface area contributed by atoms with E-state index in [0.717, 1.165) is 19.3 Å². The van der Waals surface area contributed by atoms with Gasteiger partial charge in [0, 0.05) is 6.42 Å². The van der Waals surface area contributed by atoms with Crippen LogP contribution in [-0.2, 0) is 11.2 Å². The van der Waals surface area contributed by atoms with E-state index in [0.29, 0.717) is 6.42 Å². The molecule has 2 heteroatoms. The topological polar surface area (TPSA) is 29.1 Å². The summed E-state index contributed by atoms with van der Waals surface area (Å²) in [5.41, 5.74) is 2.84. The summed E-state index contributed by atoms with van der Waals surface area (Å²) in [6, 6.07) is 8.52. The van der Waals surface area contributed by atoms with Crippen LogP contribution in [0.4, 0.5) is 0 Å². The lowest BCUT2D eigenvalue weighted by Crippen LogP contribution is -2.10. The Hall–Kier alpha value is -1.15. The van der Waals surface area contributed by atoms with Crippen LogP contribution in [-0.4, -0.2) is 19.9 Å². The van der Waals surface area contributed by atoms with Crippen LogP contribution in [0.25, 0.3) is 0 Å². The fourth-order valence-corrected chi connectivity index (χ4v) is 1.15. The number of nitrogens with one attached hydrogen (secondary N) is 1. The van der Waals surface area contributed by atoms with Gasteiger partial charge >= 0.3 is 0 Å². The molecule has 0 bridgehead atoms. The molecule has 0 aromatic heterocycles. The number of hydrogen-bond acceptors (Lipinski definition) is 2. The standard InChI is InChI=1S/C10H15N.C3H6O.C2H6/c1-9-5-3-4-6-10(9)7-8-11-2;1-2-3-4;1-2/h3-6,11H,7-8H2,1-2H3;3H,2H2,1H3;1-2H3. The first kappa shape index (κ1) is 18.2. The SMILES string of the molecule is CC.CCC=O.CNCCc1ccccc1C. The van der Waals surface area contributed by atoms with Gasteiger partial charge in [-0.05, 0) is 38.1 Å². The van der Waals surface area contributed by atoms with Gasteiger partial charge in [-0.3, -0.25) is 0 Å². The number of aldehydes is 1. The molecule has 0 radical (unpaired) electrons. The molecule has 0 saturated heterocycles. The van der Waals surface area contributed by atoms with Crippen molar-refractivity contribution in [3.05, 3.63) is 35.4 Å². The average molecular weight is 237 g/mol. The molecule has 0 aliphatic heterocycles. The van der Waals surface area contributed by atoms with E-state index in [1.807, 2.05) is 27.8 Å². The van der Waals surface area contributed by atoms with Crippen molar-refractivity contribution in [2.24, 2.45) is 0 Å². The molecule has 1 rings (SSSR count). The van der Waals surface area contributed by atoms with Crippen molar-refractivity contribution in [3.63, 3.8) is 0 Å². The minimum absolute atomic E-state index is 0.639. The molecule has 1 aromatic rings. The van der Waals surface area contributed by atoms with Crippen molar-refractivity contribution in [1.82, 2.24) is 5.32 Å². The fraction of sp³-hybridized carbons (Fsp3) is 0.533. The van der Waals surface area contributed by atoms with Gasteiger partial charge in [-0.2, -0.15) is 0 Å². The summed E-state index contributed by atoms with van der Waals surface area (Å²) < 4.78 is 0. The van der Waals surface area contributed by atoms with Gasteiger partial charge in [0.2, 0.25) is 0 Å².